The minimum atomic E-state index is -0.787. The lowest BCUT2D eigenvalue weighted by atomic mass is 10.1. The molecule has 0 atom stereocenters. The highest BCUT2D eigenvalue weighted by atomic mass is 19.1. The molecular weight excluding hydrogens is 350 g/mol. The first kappa shape index (κ1) is 18.3. The lowest BCUT2D eigenvalue weighted by molar-refractivity contribution is 0.101. The summed E-state index contributed by atoms with van der Waals surface area (Å²) in [6, 6.07) is 16.2. The summed E-state index contributed by atoms with van der Waals surface area (Å²) in [6.07, 6.45) is 0. The number of halogens is 2. The minimum Gasteiger partial charge on any atom is -0.322 e. The monoisotopic (exact) mass is 366 g/mol. The van der Waals surface area contributed by atoms with E-state index in [1.54, 1.807) is 43.3 Å². The summed E-state index contributed by atoms with van der Waals surface area (Å²) in [7, 11) is 0. The van der Waals surface area contributed by atoms with E-state index in [4.69, 9.17) is 0 Å². The zero-order chi connectivity index (χ0) is 19.4. The molecule has 0 saturated heterocycles. The fourth-order valence-corrected chi connectivity index (χ4v) is 2.51. The second kappa shape index (κ2) is 7.78. The second-order valence-corrected chi connectivity index (χ2v) is 5.96. The summed E-state index contributed by atoms with van der Waals surface area (Å²) in [6.45, 7) is 1.80. The van der Waals surface area contributed by atoms with Gasteiger partial charge in [-0.2, -0.15) is 0 Å². The predicted molar refractivity (Wildman–Crippen MR) is 99.9 cm³/mol. The van der Waals surface area contributed by atoms with E-state index >= 15 is 0 Å². The van der Waals surface area contributed by atoms with Crippen molar-refractivity contribution in [2.45, 2.75) is 6.92 Å². The highest BCUT2D eigenvalue weighted by molar-refractivity contribution is 6.07. The van der Waals surface area contributed by atoms with Gasteiger partial charge >= 0.3 is 0 Å². The maximum Gasteiger partial charge on any atom is 0.255 e. The Morgan fingerprint density at radius 2 is 1.37 bits per heavy atom. The molecule has 0 aliphatic heterocycles. The number of amides is 2. The number of anilines is 2. The summed E-state index contributed by atoms with van der Waals surface area (Å²) in [4.78, 5) is 24.7. The number of benzene rings is 3. The molecule has 0 radical (unpaired) electrons. The molecule has 0 unspecified atom stereocenters. The van der Waals surface area contributed by atoms with Crippen molar-refractivity contribution < 1.29 is 18.4 Å². The Labute approximate surface area is 154 Å². The average molecular weight is 366 g/mol. The molecule has 3 rings (SSSR count). The smallest absolute Gasteiger partial charge is 0.255 e. The Bertz CT molecular complexity index is 984. The van der Waals surface area contributed by atoms with E-state index < -0.39 is 17.5 Å². The van der Waals surface area contributed by atoms with Crippen LogP contribution in [0.15, 0.2) is 66.7 Å². The van der Waals surface area contributed by atoms with Crippen molar-refractivity contribution in [3.63, 3.8) is 0 Å². The van der Waals surface area contributed by atoms with Crippen LogP contribution in [-0.4, -0.2) is 11.8 Å². The normalized spacial score (nSPS) is 10.3. The summed E-state index contributed by atoms with van der Waals surface area (Å²) < 4.78 is 26.5. The fourth-order valence-electron chi connectivity index (χ4n) is 2.51. The van der Waals surface area contributed by atoms with E-state index in [1.807, 2.05) is 6.07 Å². The standard InChI is InChI=1S/C21H16F2N2O2/c1-13-7-8-15(21(27)24-18-11-16(22)10-17(23)12-18)9-19(13)25-20(26)14-5-3-2-4-6-14/h2-12H,1H3,(H,24,27)(H,25,26). The molecule has 2 N–H and O–H groups in total. The first-order valence-electron chi connectivity index (χ1n) is 8.17. The summed E-state index contributed by atoms with van der Waals surface area (Å²) in [5.74, 6) is -2.42. The zero-order valence-electron chi connectivity index (χ0n) is 14.4. The van der Waals surface area contributed by atoms with Crippen LogP contribution in [0.3, 0.4) is 0 Å². The Morgan fingerprint density at radius 3 is 2.04 bits per heavy atom. The highest BCUT2D eigenvalue weighted by Crippen LogP contribution is 2.20. The number of aryl methyl sites for hydroxylation is 1. The van der Waals surface area contributed by atoms with Gasteiger partial charge in [0, 0.05) is 28.6 Å². The van der Waals surface area contributed by atoms with Crippen LogP contribution in [-0.2, 0) is 0 Å². The molecule has 3 aromatic carbocycles. The molecule has 3 aromatic rings. The predicted octanol–water partition coefficient (Wildman–Crippen LogP) is 4.78. The highest BCUT2D eigenvalue weighted by Gasteiger charge is 2.12. The Morgan fingerprint density at radius 1 is 0.741 bits per heavy atom. The Hall–Kier alpha value is -3.54. The number of nitrogens with one attached hydrogen (secondary N) is 2. The van der Waals surface area contributed by atoms with Gasteiger partial charge in [-0.05, 0) is 48.9 Å². The van der Waals surface area contributed by atoms with Crippen molar-refractivity contribution in [2.75, 3.05) is 10.6 Å². The summed E-state index contributed by atoms with van der Waals surface area (Å²) in [5.41, 5.74) is 1.98. The third kappa shape index (κ3) is 4.55. The molecule has 136 valence electrons. The van der Waals surface area contributed by atoms with Crippen LogP contribution < -0.4 is 10.6 Å². The Kier molecular flexibility index (Phi) is 5.26. The van der Waals surface area contributed by atoms with Crippen LogP contribution in [0.5, 0.6) is 0 Å². The molecule has 2 amide bonds. The number of hydrogen-bond acceptors (Lipinski definition) is 2. The molecule has 0 aliphatic carbocycles. The molecule has 27 heavy (non-hydrogen) atoms. The van der Waals surface area contributed by atoms with Gasteiger partial charge < -0.3 is 10.6 Å². The van der Waals surface area contributed by atoms with Gasteiger partial charge in [-0.15, -0.1) is 0 Å². The first-order chi connectivity index (χ1) is 12.9. The number of carbonyl (C=O) groups is 2. The van der Waals surface area contributed by atoms with Gasteiger partial charge in [0.2, 0.25) is 0 Å². The van der Waals surface area contributed by atoms with Crippen LogP contribution >= 0.6 is 0 Å². The van der Waals surface area contributed by atoms with Gasteiger partial charge in [-0.3, -0.25) is 9.59 Å². The number of hydrogen-bond donors (Lipinski definition) is 2. The summed E-state index contributed by atoms with van der Waals surface area (Å²) in [5, 5.41) is 5.20. The Balaban J connectivity index is 1.80. The molecule has 6 heteroatoms. The van der Waals surface area contributed by atoms with Gasteiger partial charge in [0.1, 0.15) is 11.6 Å². The molecule has 0 aliphatic rings. The maximum absolute atomic E-state index is 13.3. The van der Waals surface area contributed by atoms with E-state index in [0.29, 0.717) is 11.3 Å². The van der Waals surface area contributed by atoms with Gasteiger partial charge in [0.15, 0.2) is 0 Å². The van der Waals surface area contributed by atoms with Crippen molar-refractivity contribution in [1.29, 1.82) is 0 Å². The molecule has 0 saturated carbocycles. The van der Waals surface area contributed by atoms with Crippen LogP contribution in [0, 0.1) is 18.6 Å². The molecule has 4 nitrogen and oxygen atoms in total. The SMILES string of the molecule is Cc1ccc(C(=O)Nc2cc(F)cc(F)c2)cc1NC(=O)c1ccccc1. The largest absolute Gasteiger partial charge is 0.322 e. The minimum absolute atomic E-state index is 0.00736. The van der Waals surface area contributed by atoms with Crippen LogP contribution in [0.2, 0.25) is 0 Å². The van der Waals surface area contributed by atoms with Crippen molar-refractivity contribution in [3.05, 3.63) is 95.1 Å². The van der Waals surface area contributed by atoms with E-state index in [9.17, 15) is 18.4 Å². The van der Waals surface area contributed by atoms with Crippen molar-refractivity contribution in [2.24, 2.45) is 0 Å². The van der Waals surface area contributed by atoms with Crippen LogP contribution in [0.25, 0.3) is 0 Å². The topological polar surface area (TPSA) is 58.2 Å². The van der Waals surface area contributed by atoms with Crippen molar-refractivity contribution in [3.8, 4) is 0 Å². The fraction of sp³-hybridized carbons (Fsp3) is 0.0476. The van der Waals surface area contributed by atoms with E-state index in [-0.39, 0.29) is 17.2 Å². The molecule has 0 bridgehead atoms. The molecule has 0 fully saturated rings. The molecule has 0 aromatic heterocycles. The van der Waals surface area contributed by atoms with Gasteiger partial charge in [-0.25, -0.2) is 8.78 Å². The zero-order valence-corrected chi connectivity index (χ0v) is 14.4. The average Bonchev–Trinajstić information content (AvgIpc) is 2.63. The lowest BCUT2D eigenvalue weighted by Crippen LogP contribution is -2.15. The third-order valence-electron chi connectivity index (χ3n) is 3.90. The second-order valence-electron chi connectivity index (χ2n) is 5.96. The van der Waals surface area contributed by atoms with E-state index in [2.05, 4.69) is 10.6 Å². The lowest BCUT2D eigenvalue weighted by Gasteiger charge is -2.11. The van der Waals surface area contributed by atoms with Gasteiger partial charge in [-0.1, -0.05) is 24.3 Å². The third-order valence-corrected chi connectivity index (χ3v) is 3.90. The van der Waals surface area contributed by atoms with E-state index in [0.717, 1.165) is 23.8 Å². The molecular formula is C21H16F2N2O2. The van der Waals surface area contributed by atoms with E-state index in [1.165, 1.54) is 6.07 Å². The molecule has 0 heterocycles. The van der Waals surface area contributed by atoms with Crippen molar-refractivity contribution >= 4 is 23.2 Å². The number of carbonyl (C=O) groups excluding carboxylic acids is 2. The van der Waals surface area contributed by atoms with Gasteiger partial charge in [0.05, 0.1) is 0 Å². The van der Waals surface area contributed by atoms with Gasteiger partial charge in [0.25, 0.3) is 11.8 Å². The quantitative estimate of drug-likeness (QED) is 0.698. The first-order valence-corrected chi connectivity index (χ1v) is 8.17. The summed E-state index contributed by atoms with van der Waals surface area (Å²) >= 11 is 0. The van der Waals surface area contributed by atoms with Crippen LogP contribution in [0.4, 0.5) is 20.2 Å². The number of rotatable bonds is 4. The maximum atomic E-state index is 13.3. The van der Waals surface area contributed by atoms with Crippen molar-refractivity contribution in [1.82, 2.24) is 0 Å². The van der Waals surface area contributed by atoms with Crippen LogP contribution in [0.1, 0.15) is 26.3 Å². The molecule has 0 spiro atoms.